The van der Waals surface area contributed by atoms with E-state index in [0.29, 0.717) is 17.0 Å². The number of fused-ring (bicyclic) bond motifs is 1. The van der Waals surface area contributed by atoms with Crippen LogP contribution < -0.4 is 11.5 Å². The summed E-state index contributed by atoms with van der Waals surface area (Å²) in [5, 5.41) is 12.0. The Morgan fingerprint density at radius 3 is 2.67 bits per heavy atom. The highest BCUT2D eigenvalue weighted by Gasteiger charge is 2.31. The second-order valence-electron chi connectivity index (χ2n) is 5.84. The second kappa shape index (κ2) is 6.59. The van der Waals surface area contributed by atoms with E-state index in [9.17, 15) is 5.26 Å². The maximum absolute atomic E-state index is 9.81. The van der Waals surface area contributed by atoms with Gasteiger partial charge in [0.15, 0.2) is 0 Å². The van der Waals surface area contributed by atoms with Crippen molar-refractivity contribution in [2.24, 2.45) is 16.5 Å². The molecule has 0 aromatic heterocycles. The number of nitriles is 1. The van der Waals surface area contributed by atoms with Crippen molar-refractivity contribution < 1.29 is 0 Å². The lowest BCUT2D eigenvalue weighted by molar-refractivity contribution is 0.839. The lowest BCUT2D eigenvalue weighted by Gasteiger charge is -2.26. The number of aliphatic imine (C=N–C) groups is 1. The zero-order valence-corrected chi connectivity index (χ0v) is 13.7. The van der Waals surface area contributed by atoms with Crippen molar-refractivity contribution in [3.8, 4) is 6.07 Å². The number of hydrogen-bond donors (Lipinski definition) is 2. The molecule has 3 rings (SSSR count). The summed E-state index contributed by atoms with van der Waals surface area (Å²) in [6, 6.07) is 16.6. The van der Waals surface area contributed by atoms with Gasteiger partial charge in [-0.05, 0) is 22.8 Å². The molecule has 0 saturated heterocycles. The fourth-order valence-electron chi connectivity index (χ4n) is 3.30. The summed E-state index contributed by atoms with van der Waals surface area (Å²) >= 11 is 0. The molecule has 0 fully saturated rings. The molecular weight excluding hydrogens is 296 g/mol. The molecule has 0 saturated carbocycles. The van der Waals surface area contributed by atoms with Crippen LogP contribution in [-0.4, -0.2) is 5.84 Å². The smallest absolute Gasteiger partial charge is 0.129 e. The van der Waals surface area contributed by atoms with E-state index in [1.54, 1.807) is 0 Å². The van der Waals surface area contributed by atoms with Gasteiger partial charge in [-0.3, -0.25) is 0 Å². The van der Waals surface area contributed by atoms with E-state index in [1.165, 1.54) is 6.20 Å². The van der Waals surface area contributed by atoms with Crippen LogP contribution in [0.1, 0.15) is 31.2 Å². The van der Waals surface area contributed by atoms with Crippen LogP contribution in [0.25, 0.3) is 10.8 Å². The molecule has 2 aromatic rings. The Balaban J connectivity index is 2.30. The van der Waals surface area contributed by atoms with Gasteiger partial charge in [0.05, 0.1) is 23.3 Å². The molecule has 1 atom stereocenters. The van der Waals surface area contributed by atoms with E-state index in [4.69, 9.17) is 11.5 Å². The Hall–Kier alpha value is -3.06. The fraction of sp³-hybridized carbons (Fsp3) is 0.200. The molecule has 4 heteroatoms. The monoisotopic (exact) mass is 316 g/mol. The van der Waals surface area contributed by atoms with Gasteiger partial charge in [-0.2, -0.15) is 5.26 Å². The number of benzene rings is 2. The van der Waals surface area contributed by atoms with Gasteiger partial charge < -0.3 is 11.5 Å². The molecule has 120 valence electrons. The number of hydrogen-bond acceptors (Lipinski definition) is 4. The normalized spacial score (nSPS) is 19.4. The van der Waals surface area contributed by atoms with E-state index < -0.39 is 0 Å². The van der Waals surface area contributed by atoms with E-state index in [1.807, 2.05) is 24.3 Å². The van der Waals surface area contributed by atoms with Crippen LogP contribution in [0.15, 0.2) is 70.5 Å². The predicted octanol–water partition coefficient (Wildman–Crippen LogP) is 3.71. The van der Waals surface area contributed by atoms with Crippen LogP contribution in [0.5, 0.6) is 0 Å². The van der Waals surface area contributed by atoms with Crippen LogP contribution in [0, 0.1) is 11.3 Å². The Labute approximate surface area is 141 Å². The highest BCUT2D eigenvalue weighted by molar-refractivity contribution is 6.02. The van der Waals surface area contributed by atoms with E-state index in [-0.39, 0.29) is 5.92 Å². The highest BCUT2D eigenvalue weighted by Crippen LogP contribution is 2.40. The molecule has 0 amide bonds. The molecule has 24 heavy (non-hydrogen) atoms. The van der Waals surface area contributed by atoms with Crippen molar-refractivity contribution in [1.82, 2.24) is 0 Å². The molecule has 4 nitrogen and oxygen atoms in total. The largest absolute Gasteiger partial charge is 0.404 e. The lowest BCUT2D eigenvalue weighted by Crippen LogP contribution is -2.26. The van der Waals surface area contributed by atoms with Gasteiger partial charge in [0.2, 0.25) is 0 Å². The molecule has 0 bridgehead atoms. The Bertz CT molecular complexity index is 907. The zero-order chi connectivity index (χ0) is 17.1. The van der Waals surface area contributed by atoms with Crippen LogP contribution in [0.2, 0.25) is 0 Å². The van der Waals surface area contributed by atoms with Crippen molar-refractivity contribution in [2.45, 2.75) is 25.7 Å². The molecule has 1 aliphatic rings. The molecule has 0 radical (unpaired) electrons. The van der Waals surface area contributed by atoms with Crippen molar-refractivity contribution in [2.75, 3.05) is 0 Å². The maximum Gasteiger partial charge on any atom is 0.129 e. The molecule has 1 heterocycles. The number of nitrogens with two attached hydrogens (primary N) is 2. The molecule has 1 unspecified atom stereocenters. The number of allylic oxidation sites excluding steroid dienone is 2. The third kappa shape index (κ3) is 2.55. The van der Waals surface area contributed by atoms with Crippen LogP contribution in [-0.2, 0) is 0 Å². The Morgan fingerprint density at radius 1 is 1.21 bits per heavy atom. The number of amidine groups is 1. The minimum Gasteiger partial charge on any atom is -0.404 e. The quantitative estimate of drug-likeness (QED) is 0.904. The van der Waals surface area contributed by atoms with Gasteiger partial charge in [-0.25, -0.2) is 4.99 Å². The minimum absolute atomic E-state index is 0.273. The van der Waals surface area contributed by atoms with Crippen molar-refractivity contribution in [1.29, 1.82) is 5.26 Å². The van der Waals surface area contributed by atoms with Gasteiger partial charge in [-0.15, -0.1) is 0 Å². The first-order valence-electron chi connectivity index (χ1n) is 8.08. The third-order valence-electron chi connectivity index (χ3n) is 4.38. The molecular formula is C20H20N4. The van der Waals surface area contributed by atoms with E-state index >= 15 is 0 Å². The topological polar surface area (TPSA) is 88.2 Å². The zero-order valence-electron chi connectivity index (χ0n) is 13.7. The molecule has 4 N–H and O–H groups in total. The van der Waals surface area contributed by atoms with Gasteiger partial charge in [0.25, 0.3) is 0 Å². The van der Waals surface area contributed by atoms with E-state index in [0.717, 1.165) is 34.9 Å². The SMILES string of the molecule is CCCC1=C(C#N)C(c2cccc3ccccc23)/C(=C/N)C(N)=N1. The first-order valence-corrected chi connectivity index (χ1v) is 8.08. The van der Waals surface area contributed by atoms with Gasteiger partial charge in [-0.1, -0.05) is 55.8 Å². The molecule has 1 aliphatic heterocycles. The Kier molecular flexibility index (Phi) is 4.35. The van der Waals surface area contributed by atoms with Gasteiger partial charge in [0, 0.05) is 11.8 Å². The van der Waals surface area contributed by atoms with Crippen molar-refractivity contribution >= 4 is 16.6 Å². The maximum atomic E-state index is 9.81. The highest BCUT2D eigenvalue weighted by atomic mass is 14.9. The third-order valence-corrected chi connectivity index (χ3v) is 4.38. The summed E-state index contributed by atoms with van der Waals surface area (Å²) in [5.74, 6) is 0.128. The van der Waals surface area contributed by atoms with Crippen LogP contribution >= 0.6 is 0 Å². The standard InChI is InChI=1S/C20H20N4/c1-2-6-18-16(11-21)19(17(12-22)20(23)24-18)15-10-5-8-13-7-3-4-9-14(13)15/h3-5,7-10,12,19H,2,6,22H2,1H3,(H2,23,24)/b17-12-. The number of rotatable bonds is 3. The van der Waals surface area contributed by atoms with Gasteiger partial charge in [0.1, 0.15) is 5.84 Å². The Morgan fingerprint density at radius 2 is 1.96 bits per heavy atom. The summed E-state index contributed by atoms with van der Waals surface area (Å²) < 4.78 is 0. The summed E-state index contributed by atoms with van der Waals surface area (Å²) in [7, 11) is 0. The molecule has 0 spiro atoms. The first-order chi connectivity index (χ1) is 11.7. The van der Waals surface area contributed by atoms with E-state index in [2.05, 4.69) is 36.2 Å². The lowest BCUT2D eigenvalue weighted by atomic mass is 9.79. The van der Waals surface area contributed by atoms with Crippen molar-refractivity contribution in [3.63, 3.8) is 0 Å². The predicted molar refractivity (Wildman–Crippen MR) is 98.1 cm³/mol. The number of nitrogens with zero attached hydrogens (tertiary/aromatic N) is 2. The average Bonchev–Trinajstić information content (AvgIpc) is 2.61. The molecule has 2 aromatic carbocycles. The van der Waals surface area contributed by atoms with Crippen molar-refractivity contribution in [3.05, 3.63) is 71.1 Å². The van der Waals surface area contributed by atoms with Crippen LogP contribution in [0.3, 0.4) is 0 Å². The summed E-state index contributed by atoms with van der Waals surface area (Å²) in [4.78, 5) is 4.44. The fourth-order valence-corrected chi connectivity index (χ4v) is 3.30. The second-order valence-corrected chi connectivity index (χ2v) is 5.84. The summed E-state index contributed by atoms with van der Waals surface area (Å²) in [5.41, 5.74) is 15.1. The van der Waals surface area contributed by atoms with Crippen LogP contribution in [0.4, 0.5) is 0 Å². The minimum atomic E-state index is -0.273. The molecule has 0 aliphatic carbocycles. The summed E-state index contributed by atoms with van der Waals surface area (Å²) in [6.45, 7) is 2.06. The summed E-state index contributed by atoms with van der Waals surface area (Å²) in [6.07, 6.45) is 3.11. The average molecular weight is 316 g/mol. The van der Waals surface area contributed by atoms with Gasteiger partial charge >= 0.3 is 0 Å². The first kappa shape index (κ1) is 15.8.